The molecule has 0 atom stereocenters. The third-order valence-electron chi connectivity index (χ3n) is 11.0. The monoisotopic (exact) mass is 672 g/mol. The first-order valence-electron chi connectivity index (χ1n) is 18.3. The smallest absolute Gasteiger partial charge is 0.143 e. The van der Waals surface area contributed by atoms with Crippen molar-refractivity contribution in [1.82, 2.24) is 0 Å². The summed E-state index contributed by atoms with van der Waals surface area (Å²) in [5, 5.41) is 11.9. The van der Waals surface area contributed by atoms with Crippen LogP contribution in [-0.2, 0) is 0 Å². The summed E-state index contributed by atoms with van der Waals surface area (Å²) < 4.78 is 6.88. The molecule has 0 spiro atoms. The lowest BCUT2D eigenvalue weighted by molar-refractivity contribution is 0.673. The van der Waals surface area contributed by atoms with E-state index in [-0.39, 0.29) is 0 Å². The predicted octanol–water partition coefficient (Wildman–Crippen LogP) is 14.9. The summed E-state index contributed by atoms with van der Waals surface area (Å²) in [6.45, 7) is 0. The first-order valence-corrected chi connectivity index (χ1v) is 18.3. The van der Waals surface area contributed by atoms with E-state index in [1.165, 1.54) is 76.8 Å². The van der Waals surface area contributed by atoms with Gasteiger partial charge in [-0.25, -0.2) is 0 Å². The molecular formula is C52H32O. The van der Waals surface area contributed by atoms with Crippen molar-refractivity contribution in [3.05, 3.63) is 194 Å². The summed E-state index contributed by atoms with van der Waals surface area (Å²) in [7, 11) is 0. The molecule has 0 aliphatic carbocycles. The molecule has 0 radical (unpaired) electrons. The lowest BCUT2D eigenvalue weighted by Crippen LogP contribution is -1.95. The van der Waals surface area contributed by atoms with Gasteiger partial charge in [-0.2, -0.15) is 0 Å². The van der Waals surface area contributed by atoms with E-state index in [1.807, 2.05) is 0 Å². The normalized spacial score (nSPS) is 11.8. The molecule has 11 rings (SSSR count). The number of benzene rings is 10. The van der Waals surface area contributed by atoms with Crippen LogP contribution in [0.15, 0.2) is 199 Å². The van der Waals surface area contributed by atoms with E-state index in [2.05, 4.69) is 194 Å². The molecule has 0 unspecified atom stereocenters. The van der Waals surface area contributed by atoms with Crippen molar-refractivity contribution in [1.29, 1.82) is 0 Å². The van der Waals surface area contributed by atoms with Crippen molar-refractivity contribution in [2.45, 2.75) is 0 Å². The Labute approximate surface area is 307 Å². The Bertz CT molecular complexity index is 3090. The second-order valence-electron chi connectivity index (χ2n) is 13.9. The van der Waals surface area contributed by atoms with Crippen LogP contribution in [0.2, 0.25) is 0 Å². The molecule has 0 bridgehead atoms. The molecule has 1 heteroatoms. The van der Waals surface area contributed by atoms with Gasteiger partial charge >= 0.3 is 0 Å². The van der Waals surface area contributed by atoms with Crippen molar-refractivity contribution in [2.75, 3.05) is 0 Å². The number of hydrogen-bond donors (Lipinski definition) is 0. The maximum atomic E-state index is 6.88. The molecule has 0 aliphatic heterocycles. The van der Waals surface area contributed by atoms with Crippen molar-refractivity contribution in [3.8, 4) is 44.5 Å². The van der Waals surface area contributed by atoms with E-state index in [0.717, 1.165) is 32.7 Å². The molecule has 11 aromatic rings. The van der Waals surface area contributed by atoms with Crippen molar-refractivity contribution in [3.63, 3.8) is 0 Å². The van der Waals surface area contributed by atoms with E-state index in [4.69, 9.17) is 4.42 Å². The zero-order chi connectivity index (χ0) is 34.9. The molecule has 10 aromatic carbocycles. The fraction of sp³-hybridized carbons (Fsp3) is 0. The molecule has 0 fully saturated rings. The van der Waals surface area contributed by atoms with Gasteiger partial charge in [0.2, 0.25) is 0 Å². The molecule has 0 aliphatic rings. The van der Waals surface area contributed by atoms with Crippen LogP contribution in [0.4, 0.5) is 0 Å². The maximum Gasteiger partial charge on any atom is 0.143 e. The van der Waals surface area contributed by atoms with E-state index >= 15 is 0 Å². The predicted molar refractivity (Wildman–Crippen MR) is 225 cm³/mol. The van der Waals surface area contributed by atoms with Gasteiger partial charge in [0.05, 0.1) is 0 Å². The Morgan fingerprint density at radius 3 is 1.38 bits per heavy atom. The van der Waals surface area contributed by atoms with Gasteiger partial charge in [-0.3, -0.25) is 0 Å². The Morgan fingerprint density at radius 1 is 0.283 bits per heavy atom. The Balaban J connectivity index is 1.35. The number of fused-ring (bicyclic) bond motifs is 9. The number of rotatable bonds is 4. The van der Waals surface area contributed by atoms with Gasteiger partial charge in [-0.05, 0) is 94.3 Å². The van der Waals surface area contributed by atoms with Crippen molar-refractivity contribution in [2.24, 2.45) is 0 Å². The fourth-order valence-electron chi connectivity index (χ4n) is 8.80. The van der Waals surface area contributed by atoms with Crippen LogP contribution in [0.1, 0.15) is 0 Å². The summed E-state index contributed by atoms with van der Waals surface area (Å²) in [5.41, 5.74) is 11.6. The Morgan fingerprint density at radius 2 is 0.774 bits per heavy atom. The summed E-state index contributed by atoms with van der Waals surface area (Å²) in [6, 6.07) is 70.5. The average molecular weight is 673 g/mol. The van der Waals surface area contributed by atoms with Crippen LogP contribution >= 0.6 is 0 Å². The number of furan rings is 1. The number of hydrogen-bond acceptors (Lipinski definition) is 1. The highest BCUT2D eigenvalue weighted by molar-refractivity contribution is 6.32. The van der Waals surface area contributed by atoms with E-state index in [1.54, 1.807) is 0 Å². The largest absolute Gasteiger partial charge is 0.455 e. The standard InChI is InChI=1S/C52H32O/c1-3-16-33(17-4-1)37-28-15-29-38(34-18-5-2-6-19-34)48(37)49-43-26-13-11-24-41(43)47(42-25-12-14-27-44(42)49)45-32-36-21-8-10-23-40(36)52-51(45)50-39-22-9-7-20-35(39)30-31-46(50)53-52/h1-32H. The van der Waals surface area contributed by atoms with Crippen LogP contribution < -0.4 is 0 Å². The third kappa shape index (κ3) is 4.51. The third-order valence-corrected chi connectivity index (χ3v) is 11.0. The molecule has 0 N–H and O–H groups in total. The SMILES string of the molecule is c1ccc(-c2cccc(-c3ccccc3)c2-c2c3ccccc3c(-c3cc4ccccc4c4oc5ccc6ccccc6c5c34)c3ccccc23)cc1. The molecule has 53 heavy (non-hydrogen) atoms. The summed E-state index contributed by atoms with van der Waals surface area (Å²) >= 11 is 0. The highest BCUT2D eigenvalue weighted by Crippen LogP contribution is 2.52. The van der Waals surface area contributed by atoms with Gasteiger partial charge < -0.3 is 4.42 Å². The topological polar surface area (TPSA) is 13.1 Å². The molecule has 0 saturated carbocycles. The average Bonchev–Trinajstić information content (AvgIpc) is 3.64. The van der Waals surface area contributed by atoms with Crippen molar-refractivity contribution < 1.29 is 4.42 Å². The van der Waals surface area contributed by atoms with Crippen LogP contribution in [0, 0.1) is 0 Å². The maximum absolute atomic E-state index is 6.88. The van der Waals surface area contributed by atoms with E-state index < -0.39 is 0 Å². The van der Waals surface area contributed by atoms with Gasteiger partial charge in [-0.15, -0.1) is 0 Å². The van der Waals surface area contributed by atoms with Crippen LogP contribution in [0.25, 0.3) is 110 Å². The van der Waals surface area contributed by atoms with Gasteiger partial charge in [0.1, 0.15) is 11.2 Å². The molecule has 0 saturated heterocycles. The van der Waals surface area contributed by atoms with Gasteiger partial charge in [0.15, 0.2) is 0 Å². The summed E-state index contributed by atoms with van der Waals surface area (Å²) in [5.74, 6) is 0. The zero-order valence-corrected chi connectivity index (χ0v) is 28.9. The van der Waals surface area contributed by atoms with Crippen LogP contribution in [0.5, 0.6) is 0 Å². The summed E-state index contributed by atoms with van der Waals surface area (Å²) in [4.78, 5) is 0. The highest BCUT2D eigenvalue weighted by atomic mass is 16.3. The second kappa shape index (κ2) is 11.8. The van der Waals surface area contributed by atoms with Crippen molar-refractivity contribution >= 4 is 65.0 Å². The lowest BCUT2D eigenvalue weighted by Gasteiger charge is -2.22. The molecule has 246 valence electrons. The fourth-order valence-corrected chi connectivity index (χ4v) is 8.80. The summed E-state index contributed by atoms with van der Waals surface area (Å²) in [6.07, 6.45) is 0. The molecule has 1 heterocycles. The first kappa shape index (κ1) is 29.7. The molecule has 0 amide bonds. The molecular weight excluding hydrogens is 641 g/mol. The minimum atomic E-state index is 0.908. The van der Waals surface area contributed by atoms with Gasteiger partial charge in [-0.1, -0.05) is 182 Å². The zero-order valence-electron chi connectivity index (χ0n) is 28.9. The second-order valence-corrected chi connectivity index (χ2v) is 13.9. The Kier molecular flexibility index (Phi) is 6.62. The molecule has 1 aromatic heterocycles. The van der Waals surface area contributed by atoms with E-state index in [9.17, 15) is 0 Å². The molecule has 1 nitrogen and oxygen atoms in total. The van der Waals surface area contributed by atoms with Gasteiger partial charge in [0.25, 0.3) is 0 Å². The van der Waals surface area contributed by atoms with Crippen LogP contribution in [0.3, 0.4) is 0 Å². The Hall–Kier alpha value is -6.96. The minimum Gasteiger partial charge on any atom is -0.455 e. The lowest BCUT2D eigenvalue weighted by atomic mass is 9.80. The van der Waals surface area contributed by atoms with Crippen LogP contribution in [-0.4, -0.2) is 0 Å². The van der Waals surface area contributed by atoms with E-state index in [0.29, 0.717) is 0 Å². The minimum absolute atomic E-state index is 0.908. The van der Waals surface area contributed by atoms with Gasteiger partial charge in [0, 0.05) is 16.2 Å². The first-order chi connectivity index (χ1) is 26.3. The quantitative estimate of drug-likeness (QED) is 0.170. The highest BCUT2D eigenvalue weighted by Gasteiger charge is 2.25.